The fourth-order valence-corrected chi connectivity index (χ4v) is 5.32. The van der Waals surface area contributed by atoms with Crippen LogP contribution in [-0.2, 0) is 14.3 Å². The minimum atomic E-state index is -4.05. The number of nitrogens with zero attached hydrogens (tertiary/aromatic N) is 2. The van der Waals surface area contributed by atoms with E-state index in [1.54, 1.807) is 30.3 Å². The molecule has 2 aromatic carbocycles. The molecule has 9 nitrogen and oxygen atoms in total. The molecule has 190 valence electrons. The zero-order valence-electron chi connectivity index (χ0n) is 19.1. The Morgan fingerprint density at radius 3 is 2.64 bits per heavy atom. The minimum absolute atomic E-state index is 0.195. The van der Waals surface area contributed by atoms with E-state index in [-0.39, 0.29) is 6.54 Å². The molecule has 0 saturated carbocycles. The number of benzene rings is 2. The number of aromatic amines is 1. The third-order valence-electron chi connectivity index (χ3n) is 6.02. The molecule has 3 aromatic rings. The number of rotatable bonds is 7. The van der Waals surface area contributed by atoms with Gasteiger partial charge in [0, 0.05) is 17.5 Å². The molecule has 0 spiro atoms. The summed E-state index contributed by atoms with van der Waals surface area (Å²) in [6.07, 6.45) is 1.52. The van der Waals surface area contributed by atoms with E-state index in [1.165, 1.54) is 23.1 Å². The van der Waals surface area contributed by atoms with Gasteiger partial charge in [-0.2, -0.15) is 13.5 Å². The SMILES string of the molecule is CS(=O)(=O)OC(C(c1ccc(Cl)cc1)c1cccc(F)c1)C1CCCN1C(=O)c1n[nH]cc(O)c1=O. The largest absolute Gasteiger partial charge is 0.503 e. The van der Waals surface area contributed by atoms with Crippen LogP contribution in [0.25, 0.3) is 0 Å². The quantitative estimate of drug-likeness (QED) is 0.445. The molecule has 12 heteroatoms. The van der Waals surface area contributed by atoms with Gasteiger partial charge in [-0.15, -0.1) is 0 Å². The molecule has 1 aliphatic rings. The minimum Gasteiger partial charge on any atom is -0.503 e. The zero-order valence-corrected chi connectivity index (χ0v) is 20.7. The topological polar surface area (TPSA) is 130 Å². The van der Waals surface area contributed by atoms with Gasteiger partial charge in [-0.1, -0.05) is 35.9 Å². The number of aromatic nitrogens is 2. The van der Waals surface area contributed by atoms with E-state index in [1.807, 2.05) is 0 Å². The van der Waals surface area contributed by atoms with Crippen LogP contribution in [-0.4, -0.2) is 59.5 Å². The van der Waals surface area contributed by atoms with Crippen LogP contribution >= 0.6 is 11.6 Å². The summed E-state index contributed by atoms with van der Waals surface area (Å²) in [4.78, 5) is 27.0. The predicted molar refractivity (Wildman–Crippen MR) is 130 cm³/mol. The summed E-state index contributed by atoms with van der Waals surface area (Å²) < 4.78 is 44.7. The van der Waals surface area contributed by atoms with E-state index in [0.717, 1.165) is 12.5 Å². The van der Waals surface area contributed by atoms with Crippen molar-refractivity contribution < 1.29 is 26.9 Å². The maximum atomic E-state index is 14.3. The molecule has 3 atom stereocenters. The Kier molecular flexibility index (Phi) is 7.43. The van der Waals surface area contributed by atoms with Gasteiger partial charge in [0.2, 0.25) is 0 Å². The van der Waals surface area contributed by atoms with E-state index in [0.29, 0.717) is 29.0 Å². The first-order valence-electron chi connectivity index (χ1n) is 11.0. The molecule has 0 radical (unpaired) electrons. The van der Waals surface area contributed by atoms with Crippen LogP contribution < -0.4 is 5.43 Å². The molecule has 2 N–H and O–H groups in total. The van der Waals surface area contributed by atoms with Gasteiger partial charge in [-0.05, 0) is 48.2 Å². The number of likely N-dealkylation sites (tertiary alicyclic amines) is 1. The fraction of sp³-hybridized carbons (Fsp3) is 0.292. The van der Waals surface area contributed by atoms with Crippen LogP contribution in [0.4, 0.5) is 4.39 Å². The standard InChI is InChI=1S/C24H23ClFN3O6S/c1-36(33,34)35-23(18-6-3-11-29(18)24(32)21-22(31)19(30)13-27-28-21)20(14-7-9-16(25)10-8-14)15-4-2-5-17(26)12-15/h2,4-5,7-10,12-13,18,20,23H,3,6,11H2,1H3,(H,27,31)(H,28,30). The lowest BCUT2D eigenvalue weighted by Crippen LogP contribution is -2.48. The molecule has 36 heavy (non-hydrogen) atoms. The number of carbonyl (C=O) groups is 1. The first-order valence-corrected chi connectivity index (χ1v) is 13.2. The van der Waals surface area contributed by atoms with Crippen molar-refractivity contribution in [3.63, 3.8) is 0 Å². The highest BCUT2D eigenvalue weighted by molar-refractivity contribution is 7.86. The van der Waals surface area contributed by atoms with Gasteiger partial charge in [-0.25, -0.2) is 4.39 Å². The Bertz CT molecular complexity index is 1430. The Labute approximate surface area is 211 Å². The van der Waals surface area contributed by atoms with Gasteiger partial charge in [-0.3, -0.25) is 18.9 Å². The van der Waals surface area contributed by atoms with Gasteiger partial charge in [0.1, 0.15) is 11.9 Å². The van der Waals surface area contributed by atoms with Gasteiger partial charge in [0.15, 0.2) is 11.4 Å². The number of nitrogens with one attached hydrogen (secondary N) is 1. The maximum Gasteiger partial charge on any atom is 0.278 e. The van der Waals surface area contributed by atoms with Crippen LogP contribution in [0, 0.1) is 5.82 Å². The lowest BCUT2D eigenvalue weighted by atomic mass is 9.82. The van der Waals surface area contributed by atoms with Crippen LogP contribution in [0.1, 0.15) is 40.4 Å². The van der Waals surface area contributed by atoms with Gasteiger partial charge in [0.05, 0.1) is 18.5 Å². The van der Waals surface area contributed by atoms with Gasteiger partial charge in [0.25, 0.3) is 21.5 Å². The number of aromatic hydroxyl groups is 1. The summed E-state index contributed by atoms with van der Waals surface area (Å²) in [5.74, 6) is -2.81. The number of hydrogen-bond acceptors (Lipinski definition) is 7. The van der Waals surface area contributed by atoms with Crippen molar-refractivity contribution in [1.29, 1.82) is 0 Å². The van der Waals surface area contributed by atoms with E-state index in [9.17, 15) is 27.5 Å². The van der Waals surface area contributed by atoms with Crippen molar-refractivity contribution in [2.75, 3.05) is 12.8 Å². The average Bonchev–Trinajstić information content (AvgIpc) is 3.30. The molecule has 4 rings (SSSR count). The highest BCUT2D eigenvalue weighted by Crippen LogP contribution is 2.38. The lowest BCUT2D eigenvalue weighted by Gasteiger charge is -2.36. The van der Waals surface area contributed by atoms with Gasteiger partial charge >= 0.3 is 0 Å². The van der Waals surface area contributed by atoms with Crippen LogP contribution in [0.3, 0.4) is 0 Å². The van der Waals surface area contributed by atoms with E-state index in [4.69, 9.17) is 15.8 Å². The number of halogens is 2. The molecule has 3 unspecified atom stereocenters. The van der Waals surface area contributed by atoms with E-state index < -0.39 is 56.8 Å². The molecule has 1 aliphatic heterocycles. The predicted octanol–water partition coefficient (Wildman–Crippen LogP) is 3.05. The number of hydrogen-bond donors (Lipinski definition) is 2. The van der Waals surface area contributed by atoms with Gasteiger partial charge < -0.3 is 10.0 Å². The summed E-state index contributed by atoms with van der Waals surface area (Å²) in [5.41, 5.74) is -0.469. The van der Waals surface area contributed by atoms with E-state index in [2.05, 4.69) is 10.2 Å². The summed E-state index contributed by atoms with van der Waals surface area (Å²) in [6, 6.07) is 11.5. The molecule has 2 heterocycles. The number of carbonyl (C=O) groups excluding carboxylic acids is 1. The summed E-state index contributed by atoms with van der Waals surface area (Å²) in [7, 11) is -4.05. The van der Waals surface area contributed by atoms with Crippen molar-refractivity contribution in [1.82, 2.24) is 15.1 Å². The first kappa shape index (κ1) is 25.8. The highest BCUT2D eigenvalue weighted by Gasteiger charge is 2.43. The van der Waals surface area contributed by atoms with Crippen LogP contribution in [0.2, 0.25) is 5.02 Å². The highest BCUT2D eigenvalue weighted by atomic mass is 35.5. The molecule has 1 amide bonds. The Hall–Kier alpha value is -3.28. The fourth-order valence-electron chi connectivity index (χ4n) is 4.55. The van der Waals surface area contributed by atoms with Crippen LogP contribution in [0.5, 0.6) is 5.75 Å². The monoisotopic (exact) mass is 535 g/mol. The first-order chi connectivity index (χ1) is 17.0. The third kappa shape index (κ3) is 5.58. The Balaban J connectivity index is 1.84. The second-order valence-corrected chi connectivity index (χ2v) is 10.5. The van der Waals surface area contributed by atoms with Crippen molar-refractivity contribution in [2.45, 2.75) is 30.9 Å². The molecule has 1 saturated heterocycles. The lowest BCUT2D eigenvalue weighted by molar-refractivity contribution is 0.0528. The smallest absolute Gasteiger partial charge is 0.278 e. The van der Waals surface area contributed by atoms with Crippen molar-refractivity contribution >= 4 is 27.6 Å². The summed E-state index contributed by atoms with van der Waals surface area (Å²) >= 11 is 6.06. The van der Waals surface area contributed by atoms with Crippen molar-refractivity contribution in [3.8, 4) is 5.75 Å². The molecular weight excluding hydrogens is 513 g/mol. The molecule has 1 fully saturated rings. The van der Waals surface area contributed by atoms with E-state index >= 15 is 0 Å². The molecule has 0 bridgehead atoms. The average molecular weight is 536 g/mol. The second-order valence-electron chi connectivity index (χ2n) is 8.51. The van der Waals surface area contributed by atoms with Crippen molar-refractivity contribution in [2.24, 2.45) is 0 Å². The molecule has 0 aliphatic carbocycles. The third-order valence-corrected chi connectivity index (χ3v) is 6.84. The zero-order chi connectivity index (χ0) is 26.0. The Morgan fingerprint density at radius 2 is 1.97 bits per heavy atom. The normalized spacial score (nSPS) is 17.6. The van der Waals surface area contributed by atoms with Crippen molar-refractivity contribution in [3.05, 3.63) is 92.6 Å². The number of H-pyrrole nitrogens is 1. The molecule has 1 aromatic heterocycles. The molecular formula is C24H23ClFN3O6S. The maximum absolute atomic E-state index is 14.3. The number of amides is 1. The summed E-state index contributed by atoms with van der Waals surface area (Å²) in [5, 5.41) is 16.2. The van der Waals surface area contributed by atoms with Crippen LogP contribution in [0.15, 0.2) is 59.5 Å². The second kappa shape index (κ2) is 10.4. The summed E-state index contributed by atoms with van der Waals surface area (Å²) in [6.45, 7) is 0.195. The Morgan fingerprint density at radius 1 is 1.25 bits per heavy atom.